The third-order valence-electron chi connectivity index (χ3n) is 4.34. The molecular formula is C15H24N2O2. The minimum Gasteiger partial charge on any atom is -0.448 e. The molecule has 1 heterocycles. The number of nitrogens with zero attached hydrogens (tertiary/aromatic N) is 2. The lowest BCUT2D eigenvalue weighted by Gasteiger charge is -2.34. The molecule has 4 nitrogen and oxygen atoms in total. The smallest absolute Gasteiger partial charge is 0.275 e. The molecular weight excluding hydrogens is 240 g/mol. The van der Waals surface area contributed by atoms with Gasteiger partial charge in [-0.1, -0.05) is 20.3 Å². The van der Waals surface area contributed by atoms with Gasteiger partial charge in [0, 0.05) is 19.5 Å². The predicted octanol–water partition coefficient (Wildman–Crippen LogP) is 3.28. The highest BCUT2D eigenvalue weighted by molar-refractivity contribution is 5.92. The molecule has 0 spiro atoms. The van der Waals surface area contributed by atoms with Gasteiger partial charge in [0.2, 0.25) is 0 Å². The summed E-state index contributed by atoms with van der Waals surface area (Å²) in [5.74, 6) is 1.47. The van der Waals surface area contributed by atoms with Crippen molar-refractivity contribution in [2.75, 3.05) is 7.05 Å². The van der Waals surface area contributed by atoms with Crippen LogP contribution in [0, 0.1) is 5.92 Å². The second-order valence-electron chi connectivity index (χ2n) is 5.48. The van der Waals surface area contributed by atoms with Gasteiger partial charge in [-0.2, -0.15) is 0 Å². The topological polar surface area (TPSA) is 46.3 Å². The molecule has 0 saturated heterocycles. The van der Waals surface area contributed by atoms with E-state index in [1.807, 2.05) is 18.9 Å². The van der Waals surface area contributed by atoms with Crippen LogP contribution >= 0.6 is 0 Å². The van der Waals surface area contributed by atoms with Gasteiger partial charge in [0.15, 0.2) is 11.6 Å². The third kappa shape index (κ3) is 3.17. The van der Waals surface area contributed by atoms with Crippen molar-refractivity contribution in [3.63, 3.8) is 0 Å². The lowest BCUT2D eigenvalue weighted by molar-refractivity contribution is 0.0668. The Morgan fingerprint density at radius 2 is 2.05 bits per heavy atom. The Morgan fingerprint density at radius 1 is 1.37 bits per heavy atom. The van der Waals surface area contributed by atoms with E-state index in [-0.39, 0.29) is 5.91 Å². The largest absolute Gasteiger partial charge is 0.448 e. The van der Waals surface area contributed by atoms with Gasteiger partial charge in [0.05, 0.1) is 0 Å². The average Bonchev–Trinajstić information content (AvgIpc) is 2.94. The van der Waals surface area contributed by atoms with E-state index in [1.165, 1.54) is 25.5 Å². The molecule has 1 aromatic heterocycles. The van der Waals surface area contributed by atoms with Crippen LogP contribution in [0.25, 0.3) is 0 Å². The summed E-state index contributed by atoms with van der Waals surface area (Å²) in [6, 6.07) is 0.358. The van der Waals surface area contributed by atoms with Crippen molar-refractivity contribution in [2.24, 2.45) is 5.92 Å². The Kier molecular flexibility index (Phi) is 4.61. The zero-order chi connectivity index (χ0) is 13.8. The van der Waals surface area contributed by atoms with Crippen LogP contribution in [0.3, 0.4) is 0 Å². The summed E-state index contributed by atoms with van der Waals surface area (Å²) < 4.78 is 5.25. The summed E-state index contributed by atoms with van der Waals surface area (Å²) in [4.78, 5) is 18.4. The first-order chi connectivity index (χ1) is 9.15. The molecule has 1 aliphatic carbocycles. The highest BCUT2D eigenvalue weighted by atomic mass is 16.3. The van der Waals surface area contributed by atoms with E-state index in [0.717, 1.165) is 25.2 Å². The molecule has 1 aliphatic rings. The molecule has 0 radical (unpaired) electrons. The summed E-state index contributed by atoms with van der Waals surface area (Å²) >= 11 is 0. The fraction of sp³-hybridized carbons (Fsp3) is 0.733. The predicted molar refractivity (Wildman–Crippen MR) is 74.0 cm³/mol. The first-order valence-corrected chi connectivity index (χ1v) is 7.37. The number of hydrogen-bond donors (Lipinski definition) is 0. The SMILES string of the molecule is CCc1nc(C(=O)N(C)C2CCC(CC)CC2)co1. The van der Waals surface area contributed by atoms with Crippen LogP contribution in [-0.2, 0) is 6.42 Å². The number of rotatable bonds is 4. The standard InChI is InChI=1S/C15H24N2O2/c1-4-11-6-8-12(9-7-11)17(3)15(18)13-10-19-14(5-2)16-13/h10-12H,4-9H2,1-3H3. The first kappa shape index (κ1) is 14.1. The molecule has 1 fully saturated rings. The molecule has 1 amide bonds. The zero-order valence-corrected chi connectivity index (χ0v) is 12.2. The third-order valence-corrected chi connectivity index (χ3v) is 4.34. The molecule has 0 aromatic carbocycles. The summed E-state index contributed by atoms with van der Waals surface area (Å²) in [6.45, 7) is 4.22. The number of aromatic nitrogens is 1. The van der Waals surface area contributed by atoms with E-state index in [9.17, 15) is 4.79 Å². The maximum atomic E-state index is 12.3. The van der Waals surface area contributed by atoms with E-state index >= 15 is 0 Å². The Labute approximate surface area is 115 Å². The van der Waals surface area contributed by atoms with Gasteiger partial charge >= 0.3 is 0 Å². The molecule has 0 N–H and O–H groups in total. The lowest BCUT2D eigenvalue weighted by atomic mass is 9.84. The molecule has 106 valence electrons. The van der Waals surface area contributed by atoms with Gasteiger partial charge in [0.1, 0.15) is 6.26 Å². The van der Waals surface area contributed by atoms with Crippen LogP contribution in [0.4, 0.5) is 0 Å². The van der Waals surface area contributed by atoms with Crippen LogP contribution in [0.1, 0.15) is 62.3 Å². The molecule has 0 bridgehead atoms. The summed E-state index contributed by atoms with van der Waals surface area (Å²) in [6.07, 6.45) is 8.15. The van der Waals surface area contributed by atoms with Gasteiger partial charge in [0.25, 0.3) is 5.91 Å². The molecule has 0 unspecified atom stereocenters. The minimum atomic E-state index is -0.0107. The van der Waals surface area contributed by atoms with E-state index < -0.39 is 0 Å². The van der Waals surface area contributed by atoms with Crippen molar-refractivity contribution in [1.29, 1.82) is 0 Å². The molecule has 1 aromatic rings. The van der Waals surface area contributed by atoms with Gasteiger partial charge in [-0.15, -0.1) is 0 Å². The molecule has 2 rings (SSSR count). The van der Waals surface area contributed by atoms with E-state index in [2.05, 4.69) is 11.9 Å². The number of aryl methyl sites for hydroxylation is 1. The Bertz CT molecular complexity index is 420. The molecule has 1 saturated carbocycles. The van der Waals surface area contributed by atoms with Gasteiger partial charge in [-0.3, -0.25) is 4.79 Å². The van der Waals surface area contributed by atoms with E-state index in [1.54, 1.807) is 0 Å². The van der Waals surface area contributed by atoms with Crippen LogP contribution in [0.5, 0.6) is 0 Å². The Balaban J connectivity index is 1.95. The summed E-state index contributed by atoms with van der Waals surface area (Å²) in [5, 5.41) is 0. The molecule has 4 heteroatoms. The Hall–Kier alpha value is -1.32. The van der Waals surface area contributed by atoms with E-state index in [0.29, 0.717) is 17.6 Å². The second-order valence-corrected chi connectivity index (χ2v) is 5.48. The average molecular weight is 264 g/mol. The van der Waals surface area contributed by atoms with Crippen LogP contribution < -0.4 is 0 Å². The normalized spacial score (nSPS) is 23.3. The van der Waals surface area contributed by atoms with Crippen molar-refractivity contribution in [3.05, 3.63) is 17.8 Å². The number of hydrogen-bond acceptors (Lipinski definition) is 3. The van der Waals surface area contributed by atoms with Crippen molar-refractivity contribution < 1.29 is 9.21 Å². The highest BCUT2D eigenvalue weighted by Gasteiger charge is 2.27. The first-order valence-electron chi connectivity index (χ1n) is 7.37. The lowest BCUT2D eigenvalue weighted by Crippen LogP contribution is -2.39. The van der Waals surface area contributed by atoms with Crippen LogP contribution in [0.15, 0.2) is 10.7 Å². The molecule has 0 aliphatic heterocycles. The Morgan fingerprint density at radius 3 is 2.58 bits per heavy atom. The second kappa shape index (κ2) is 6.22. The monoisotopic (exact) mass is 264 g/mol. The van der Waals surface area contributed by atoms with Gasteiger partial charge in [-0.05, 0) is 31.6 Å². The maximum Gasteiger partial charge on any atom is 0.275 e. The van der Waals surface area contributed by atoms with Gasteiger partial charge in [-0.25, -0.2) is 4.98 Å². The van der Waals surface area contributed by atoms with Crippen molar-refractivity contribution in [2.45, 2.75) is 58.4 Å². The minimum absolute atomic E-state index is 0.0107. The van der Waals surface area contributed by atoms with Crippen LogP contribution in [0.2, 0.25) is 0 Å². The molecule has 0 atom stereocenters. The van der Waals surface area contributed by atoms with Crippen molar-refractivity contribution in [3.8, 4) is 0 Å². The van der Waals surface area contributed by atoms with Gasteiger partial charge < -0.3 is 9.32 Å². The zero-order valence-electron chi connectivity index (χ0n) is 12.2. The van der Waals surface area contributed by atoms with E-state index in [4.69, 9.17) is 4.42 Å². The molecule has 19 heavy (non-hydrogen) atoms. The van der Waals surface area contributed by atoms with Crippen molar-refractivity contribution in [1.82, 2.24) is 9.88 Å². The maximum absolute atomic E-state index is 12.3. The summed E-state index contributed by atoms with van der Waals surface area (Å²) in [5.41, 5.74) is 0.442. The fourth-order valence-electron chi connectivity index (χ4n) is 2.86. The quantitative estimate of drug-likeness (QED) is 0.838. The number of amides is 1. The summed E-state index contributed by atoms with van der Waals surface area (Å²) in [7, 11) is 1.89. The van der Waals surface area contributed by atoms with Crippen molar-refractivity contribution >= 4 is 5.91 Å². The fourth-order valence-corrected chi connectivity index (χ4v) is 2.86. The highest BCUT2D eigenvalue weighted by Crippen LogP contribution is 2.29. The number of oxazole rings is 1. The number of carbonyl (C=O) groups excluding carboxylic acids is 1. The van der Waals surface area contributed by atoms with Crippen LogP contribution in [-0.4, -0.2) is 28.9 Å². The number of carbonyl (C=O) groups is 1.